The molecule has 10 nitrogen and oxygen atoms in total. The van der Waals surface area contributed by atoms with E-state index in [9.17, 15) is 31.1 Å². The molecular formula is C29H31F6N5O5. The summed E-state index contributed by atoms with van der Waals surface area (Å²) in [6.45, 7) is 3.89. The maximum atomic E-state index is 14.0. The fourth-order valence-corrected chi connectivity index (χ4v) is 5.48. The van der Waals surface area contributed by atoms with Crippen LogP contribution in [0.5, 0.6) is 0 Å². The van der Waals surface area contributed by atoms with E-state index < -0.39 is 29.7 Å². The Bertz CT molecular complexity index is 1410. The van der Waals surface area contributed by atoms with Crippen molar-refractivity contribution in [2.45, 2.75) is 44.2 Å². The molecule has 45 heavy (non-hydrogen) atoms. The van der Waals surface area contributed by atoms with E-state index in [0.717, 1.165) is 50.4 Å². The molecule has 2 atom stereocenters. The van der Waals surface area contributed by atoms with Crippen molar-refractivity contribution in [1.29, 1.82) is 0 Å². The van der Waals surface area contributed by atoms with Crippen LogP contribution in [-0.2, 0) is 34.5 Å². The minimum absolute atomic E-state index is 0.134. The van der Waals surface area contributed by atoms with Crippen molar-refractivity contribution in [3.63, 3.8) is 0 Å². The van der Waals surface area contributed by atoms with E-state index >= 15 is 0 Å². The highest BCUT2D eigenvalue weighted by Gasteiger charge is 2.55. The predicted octanol–water partition coefficient (Wildman–Crippen LogP) is 4.49. The molecule has 0 saturated carbocycles. The van der Waals surface area contributed by atoms with E-state index in [1.165, 1.54) is 5.56 Å². The summed E-state index contributed by atoms with van der Waals surface area (Å²) in [6, 6.07) is 18.4. The first-order valence-corrected chi connectivity index (χ1v) is 13.6. The molecule has 0 unspecified atom stereocenters. The highest BCUT2D eigenvalue weighted by atomic mass is 19.4. The summed E-state index contributed by atoms with van der Waals surface area (Å²) in [5.41, 5.74) is 2.98. The highest BCUT2D eigenvalue weighted by Crippen LogP contribution is 2.49. The number of pyridine rings is 1. The highest BCUT2D eigenvalue weighted by molar-refractivity contribution is 5.85. The number of aryl methyl sites for hydroxylation is 1. The number of rotatable bonds is 5. The monoisotopic (exact) mass is 643 g/mol. The van der Waals surface area contributed by atoms with Gasteiger partial charge in [0.25, 0.3) is 0 Å². The molecule has 2 N–H and O–H groups in total. The molecule has 3 aromatic rings. The lowest BCUT2D eigenvalue weighted by atomic mass is 9.70. The number of halogens is 6. The Morgan fingerprint density at radius 1 is 0.911 bits per heavy atom. The Morgan fingerprint density at radius 2 is 1.51 bits per heavy atom. The van der Waals surface area contributed by atoms with Gasteiger partial charge < -0.3 is 15.1 Å². The zero-order chi connectivity index (χ0) is 33.4. The molecule has 244 valence electrons. The van der Waals surface area contributed by atoms with Crippen molar-refractivity contribution in [1.82, 2.24) is 24.6 Å². The summed E-state index contributed by atoms with van der Waals surface area (Å²) in [6.07, 6.45) is -4.53. The average Bonchev–Trinajstić information content (AvgIpc) is 3.55. The Kier molecular flexibility index (Phi) is 11.3. The number of carboxylic acids is 2. The summed E-state index contributed by atoms with van der Waals surface area (Å²) in [4.78, 5) is 40.8. The topological polar surface area (TPSA) is 129 Å². The van der Waals surface area contributed by atoms with Crippen molar-refractivity contribution < 1.29 is 50.9 Å². The standard InChI is InChI=1S/C25H29N5O.2C2HF3O2/c1-28-23(11-14-27-28)22-18-29(17-21-10-5-6-13-26-21)19-25(22)12-7-15-30(24(25)31)16-20-8-3-2-4-9-20;2*3-2(4,5)1(6)7/h2-6,8-11,13-14,22H,7,12,15-19H2,1H3;2*(H,6,7)/t22-,25+;;/m0../s1. The van der Waals surface area contributed by atoms with Crippen LogP contribution < -0.4 is 0 Å². The second kappa shape index (κ2) is 14.5. The number of carboxylic acid groups (broad SMARTS) is 2. The summed E-state index contributed by atoms with van der Waals surface area (Å²) < 4.78 is 65.4. The van der Waals surface area contributed by atoms with Crippen LogP contribution in [0.4, 0.5) is 26.3 Å². The number of hydrogen-bond acceptors (Lipinski definition) is 6. The zero-order valence-corrected chi connectivity index (χ0v) is 24.0. The molecule has 2 fully saturated rings. The lowest BCUT2D eigenvalue weighted by Crippen LogP contribution is -2.52. The Hall–Kier alpha value is -4.47. The van der Waals surface area contributed by atoms with Crippen LogP contribution in [0.1, 0.15) is 35.7 Å². The van der Waals surface area contributed by atoms with Gasteiger partial charge in [0.05, 0.1) is 11.1 Å². The van der Waals surface area contributed by atoms with Crippen molar-refractivity contribution in [2.75, 3.05) is 19.6 Å². The molecule has 2 aliphatic heterocycles. The number of carbonyl (C=O) groups excluding carboxylic acids is 1. The van der Waals surface area contributed by atoms with E-state index in [-0.39, 0.29) is 11.8 Å². The third kappa shape index (κ3) is 9.26. The first-order valence-electron chi connectivity index (χ1n) is 13.6. The van der Waals surface area contributed by atoms with Crippen LogP contribution >= 0.6 is 0 Å². The molecule has 0 aliphatic carbocycles. The first kappa shape index (κ1) is 35.0. The van der Waals surface area contributed by atoms with Gasteiger partial charge >= 0.3 is 24.3 Å². The maximum Gasteiger partial charge on any atom is 0.490 e. The zero-order valence-electron chi connectivity index (χ0n) is 24.0. The lowest BCUT2D eigenvalue weighted by molar-refractivity contribution is -0.193. The fourth-order valence-electron chi connectivity index (χ4n) is 5.48. The van der Waals surface area contributed by atoms with E-state index in [0.29, 0.717) is 6.54 Å². The summed E-state index contributed by atoms with van der Waals surface area (Å²) in [7, 11) is 1.99. The van der Waals surface area contributed by atoms with Gasteiger partial charge in [0, 0.05) is 63.8 Å². The number of amides is 1. The van der Waals surface area contributed by atoms with Crippen molar-refractivity contribution in [3.8, 4) is 0 Å². The van der Waals surface area contributed by atoms with E-state index in [4.69, 9.17) is 19.8 Å². The number of carbonyl (C=O) groups is 3. The maximum absolute atomic E-state index is 14.0. The minimum Gasteiger partial charge on any atom is -0.475 e. The van der Waals surface area contributed by atoms with Gasteiger partial charge in [-0.15, -0.1) is 0 Å². The summed E-state index contributed by atoms with van der Waals surface area (Å²) >= 11 is 0. The number of aromatic nitrogens is 3. The van der Waals surface area contributed by atoms with Crippen molar-refractivity contribution in [3.05, 3.63) is 83.9 Å². The molecule has 1 spiro atoms. The fraction of sp³-hybridized carbons (Fsp3) is 0.414. The molecule has 4 heterocycles. The smallest absolute Gasteiger partial charge is 0.475 e. The Balaban J connectivity index is 0.000000331. The molecule has 2 aromatic heterocycles. The van der Waals surface area contributed by atoms with E-state index in [1.54, 1.807) is 0 Å². The number of likely N-dealkylation sites (tertiary alicyclic amines) is 2. The number of alkyl halides is 6. The molecule has 0 bridgehead atoms. The van der Waals surface area contributed by atoms with Crippen molar-refractivity contribution >= 4 is 17.8 Å². The predicted molar refractivity (Wildman–Crippen MR) is 146 cm³/mol. The molecule has 2 aliphatic rings. The van der Waals surface area contributed by atoms with Gasteiger partial charge in [0.2, 0.25) is 5.91 Å². The first-order chi connectivity index (χ1) is 21.0. The van der Waals surface area contributed by atoms with Gasteiger partial charge in [0.1, 0.15) is 0 Å². The van der Waals surface area contributed by atoms with Crippen LogP contribution in [0.25, 0.3) is 0 Å². The second-order valence-corrected chi connectivity index (χ2v) is 10.5. The molecule has 2 saturated heterocycles. The molecule has 0 radical (unpaired) electrons. The Labute approximate surface area is 253 Å². The number of hydrogen-bond donors (Lipinski definition) is 2. The van der Waals surface area contributed by atoms with Crippen molar-refractivity contribution in [2.24, 2.45) is 12.5 Å². The number of nitrogens with zero attached hydrogens (tertiary/aromatic N) is 5. The summed E-state index contributed by atoms with van der Waals surface area (Å²) in [5, 5.41) is 18.7. The minimum atomic E-state index is -5.08. The van der Waals surface area contributed by atoms with Crippen LogP contribution in [0, 0.1) is 5.41 Å². The third-order valence-corrected chi connectivity index (χ3v) is 7.41. The van der Waals surface area contributed by atoms with E-state index in [2.05, 4.69) is 44.1 Å². The van der Waals surface area contributed by atoms with E-state index in [1.807, 2.05) is 54.5 Å². The number of aliphatic carboxylic acids is 2. The average molecular weight is 644 g/mol. The van der Waals surface area contributed by atoms with Crippen LogP contribution in [-0.4, -0.2) is 84.6 Å². The van der Waals surface area contributed by atoms with Crippen LogP contribution in [0.2, 0.25) is 0 Å². The van der Waals surface area contributed by atoms with Gasteiger partial charge in [-0.2, -0.15) is 31.4 Å². The van der Waals surface area contributed by atoms with Crippen LogP contribution in [0.3, 0.4) is 0 Å². The van der Waals surface area contributed by atoms with Gasteiger partial charge in [-0.25, -0.2) is 9.59 Å². The molecule has 5 rings (SSSR count). The number of piperidine rings is 1. The molecular weight excluding hydrogens is 612 g/mol. The summed E-state index contributed by atoms with van der Waals surface area (Å²) in [5.74, 6) is -5.09. The van der Waals surface area contributed by atoms with Gasteiger partial charge in [0.15, 0.2) is 0 Å². The van der Waals surface area contributed by atoms with Crippen LogP contribution in [0.15, 0.2) is 67.0 Å². The SMILES string of the molecule is Cn1nccc1[C@@H]1CN(Cc2ccccn2)C[C@]12CCCN(Cc1ccccc1)C2=O.O=C(O)C(F)(F)F.O=C(O)C(F)(F)F. The van der Waals surface area contributed by atoms with Gasteiger partial charge in [-0.05, 0) is 36.6 Å². The Morgan fingerprint density at radius 3 is 2.02 bits per heavy atom. The largest absolute Gasteiger partial charge is 0.490 e. The van der Waals surface area contributed by atoms with Gasteiger partial charge in [-0.3, -0.25) is 19.4 Å². The third-order valence-electron chi connectivity index (χ3n) is 7.41. The van der Waals surface area contributed by atoms with Gasteiger partial charge in [-0.1, -0.05) is 36.4 Å². The molecule has 16 heteroatoms. The number of benzene rings is 1. The molecule has 1 amide bonds. The lowest BCUT2D eigenvalue weighted by Gasteiger charge is -2.42. The normalized spacial score (nSPS) is 20.2. The molecule has 1 aromatic carbocycles. The quantitative estimate of drug-likeness (QED) is 0.390. The second-order valence-electron chi connectivity index (χ2n) is 10.5.